The maximum atomic E-state index is 11.8. The molecule has 0 aliphatic rings. The first-order valence-corrected chi connectivity index (χ1v) is 9.71. The van der Waals surface area contributed by atoms with Crippen molar-refractivity contribution in [2.75, 3.05) is 6.61 Å². The standard InChI is InChI=1S/C17H29O4P/c1-4-5-6-7-8-9-14-20-22(18,19)21-17-12-10-16(11-13-17)15(2)3/h10-13,15H,4-9,14H2,1-3H3,(H,18,19). The maximum Gasteiger partial charge on any atom is 0.527 e. The van der Waals surface area contributed by atoms with E-state index in [4.69, 9.17) is 9.05 Å². The Labute approximate surface area is 134 Å². The van der Waals surface area contributed by atoms with E-state index >= 15 is 0 Å². The number of phosphoric ester groups is 1. The van der Waals surface area contributed by atoms with Crippen LogP contribution in [0.2, 0.25) is 0 Å². The summed E-state index contributed by atoms with van der Waals surface area (Å²) in [6.45, 7) is 6.62. The molecule has 1 rings (SSSR count). The first kappa shape index (κ1) is 19.2. The van der Waals surface area contributed by atoms with E-state index in [1.807, 2.05) is 12.1 Å². The number of phosphoric acid groups is 1. The van der Waals surface area contributed by atoms with E-state index in [-0.39, 0.29) is 6.61 Å². The molecule has 126 valence electrons. The van der Waals surface area contributed by atoms with Crippen LogP contribution in [0.3, 0.4) is 0 Å². The smallest absolute Gasteiger partial charge is 0.404 e. The second-order valence-electron chi connectivity index (χ2n) is 5.88. The topological polar surface area (TPSA) is 55.8 Å². The first-order chi connectivity index (χ1) is 10.4. The van der Waals surface area contributed by atoms with E-state index in [1.54, 1.807) is 12.1 Å². The lowest BCUT2D eigenvalue weighted by molar-refractivity contribution is 0.199. The van der Waals surface area contributed by atoms with Gasteiger partial charge >= 0.3 is 7.82 Å². The van der Waals surface area contributed by atoms with Crippen molar-refractivity contribution in [3.05, 3.63) is 29.8 Å². The monoisotopic (exact) mass is 328 g/mol. The third-order valence-electron chi connectivity index (χ3n) is 3.52. The lowest BCUT2D eigenvalue weighted by Gasteiger charge is -2.14. The van der Waals surface area contributed by atoms with Crippen LogP contribution in [0.15, 0.2) is 24.3 Å². The van der Waals surface area contributed by atoms with Gasteiger partial charge in [-0.3, -0.25) is 9.42 Å². The fourth-order valence-corrected chi connectivity index (χ4v) is 2.94. The molecule has 0 amide bonds. The molecule has 22 heavy (non-hydrogen) atoms. The Hall–Kier alpha value is -0.830. The summed E-state index contributed by atoms with van der Waals surface area (Å²) in [5.41, 5.74) is 1.16. The van der Waals surface area contributed by atoms with Gasteiger partial charge in [0.2, 0.25) is 0 Å². The zero-order valence-corrected chi connectivity index (χ0v) is 14.9. The van der Waals surface area contributed by atoms with Gasteiger partial charge in [0.1, 0.15) is 5.75 Å². The van der Waals surface area contributed by atoms with E-state index in [0.29, 0.717) is 11.7 Å². The second-order valence-corrected chi connectivity index (χ2v) is 7.26. The van der Waals surface area contributed by atoms with Crippen LogP contribution in [0.4, 0.5) is 0 Å². The summed E-state index contributed by atoms with van der Waals surface area (Å²) in [6.07, 6.45) is 6.62. The Morgan fingerprint density at radius 1 is 1.05 bits per heavy atom. The molecule has 1 aromatic carbocycles. The van der Waals surface area contributed by atoms with Gasteiger partial charge in [-0.15, -0.1) is 0 Å². The molecule has 0 heterocycles. The van der Waals surface area contributed by atoms with Crippen LogP contribution in [-0.4, -0.2) is 11.5 Å². The van der Waals surface area contributed by atoms with Gasteiger partial charge in [0.05, 0.1) is 6.61 Å². The zero-order valence-electron chi connectivity index (χ0n) is 14.0. The van der Waals surface area contributed by atoms with Gasteiger partial charge in [-0.1, -0.05) is 65.0 Å². The fourth-order valence-electron chi connectivity index (χ4n) is 2.14. The molecule has 5 heteroatoms. The van der Waals surface area contributed by atoms with E-state index in [0.717, 1.165) is 24.8 Å². The molecule has 1 unspecified atom stereocenters. The Kier molecular flexibility index (Phi) is 8.77. The average Bonchev–Trinajstić information content (AvgIpc) is 2.46. The predicted molar refractivity (Wildman–Crippen MR) is 90.3 cm³/mol. The highest BCUT2D eigenvalue weighted by Crippen LogP contribution is 2.44. The van der Waals surface area contributed by atoms with Crippen LogP contribution in [0.25, 0.3) is 0 Å². The molecular formula is C17H29O4P. The zero-order chi connectivity index (χ0) is 16.4. The van der Waals surface area contributed by atoms with Crippen LogP contribution in [0, 0.1) is 0 Å². The Bertz CT molecular complexity index is 456. The minimum absolute atomic E-state index is 0.254. The molecule has 0 saturated heterocycles. The first-order valence-electron chi connectivity index (χ1n) is 8.21. The Morgan fingerprint density at radius 2 is 1.64 bits per heavy atom. The molecule has 0 bridgehead atoms. The highest BCUT2D eigenvalue weighted by molar-refractivity contribution is 7.47. The van der Waals surface area contributed by atoms with Crippen molar-refractivity contribution >= 4 is 7.82 Å². The molecule has 0 aliphatic carbocycles. The normalized spacial score (nSPS) is 14.0. The van der Waals surface area contributed by atoms with Crippen molar-refractivity contribution in [3.8, 4) is 5.75 Å². The summed E-state index contributed by atoms with van der Waals surface area (Å²) in [5, 5.41) is 0. The summed E-state index contributed by atoms with van der Waals surface area (Å²) in [7, 11) is -4.01. The summed E-state index contributed by atoms with van der Waals surface area (Å²) in [5.74, 6) is 0.775. The molecule has 4 nitrogen and oxygen atoms in total. The van der Waals surface area contributed by atoms with Crippen LogP contribution in [-0.2, 0) is 9.09 Å². The van der Waals surface area contributed by atoms with Gasteiger partial charge in [-0.2, -0.15) is 0 Å². The Morgan fingerprint density at radius 3 is 2.23 bits per heavy atom. The highest BCUT2D eigenvalue weighted by Gasteiger charge is 2.22. The van der Waals surface area contributed by atoms with Gasteiger partial charge in [0.15, 0.2) is 0 Å². The quantitative estimate of drug-likeness (QED) is 0.420. The average molecular weight is 328 g/mol. The minimum atomic E-state index is -4.01. The van der Waals surface area contributed by atoms with E-state index in [2.05, 4.69) is 20.8 Å². The van der Waals surface area contributed by atoms with Gasteiger partial charge < -0.3 is 4.52 Å². The van der Waals surface area contributed by atoms with E-state index in [9.17, 15) is 9.46 Å². The van der Waals surface area contributed by atoms with Crippen molar-refractivity contribution in [3.63, 3.8) is 0 Å². The van der Waals surface area contributed by atoms with Crippen molar-refractivity contribution in [2.45, 2.75) is 65.2 Å². The molecule has 0 aromatic heterocycles. The number of hydrogen-bond donors (Lipinski definition) is 1. The summed E-state index contributed by atoms with van der Waals surface area (Å²) < 4.78 is 21.9. The van der Waals surface area contributed by atoms with Gasteiger partial charge in [-0.05, 0) is 30.0 Å². The predicted octanol–water partition coefficient (Wildman–Crippen LogP) is 5.67. The molecule has 1 aromatic rings. The second kappa shape index (κ2) is 10.0. The van der Waals surface area contributed by atoms with E-state index < -0.39 is 7.82 Å². The van der Waals surface area contributed by atoms with Gasteiger partial charge in [-0.25, -0.2) is 4.57 Å². The third-order valence-corrected chi connectivity index (χ3v) is 4.47. The van der Waals surface area contributed by atoms with Gasteiger partial charge in [0.25, 0.3) is 0 Å². The van der Waals surface area contributed by atoms with Crippen LogP contribution in [0.1, 0.15) is 70.8 Å². The van der Waals surface area contributed by atoms with E-state index in [1.165, 1.54) is 19.3 Å². The summed E-state index contributed by atoms with van der Waals surface area (Å²) in [6, 6.07) is 7.19. The largest absolute Gasteiger partial charge is 0.527 e. The molecule has 0 radical (unpaired) electrons. The Balaban J connectivity index is 2.29. The number of unbranched alkanes of at least 4 members (excludes halogenated alkanes) is 5. The van der Waals surface area contributed by atoms with Crippen LogP contribution >= 0.6 is 7.82 Å². The highest BCUT2D eigenvalue weighted by atomic mass is 31.2. The molecule has 0 saturated carbocycles. The number of benzene rings is 1. The summed E-state index contributed by atoms with van der Waals surface area (Å²) in [4.78, 5) is 9.70. The lowest BCUT2D eigenvalue weighted by Crippen LogP contribution is -1.99. The summed E-state index contributed by atoms with van der Waals surface area (Å²) >= 11 is 0. The SMILES string of the molecule is CCCCCCCCOP(=O)(O)Oc1ccc(C(C)C)cc1. The van der Waals surface area contributed by atoms with Crippen molar-refractivity contribution in [1.82, 2.24) is 0 Å². The molecule has 1 N–H and O–H groups in total. The molecular weight excluding hydrogens is 299 g/mol. The van der Waals surface area contributed by atoms with Gasteiger partial charge in [0, 0.05) is 0 Å². The van der Waals surface area contributed by atoms with Crippen LogP contribution in [0.5, 0.6) is 5.75 Å². The van der Waals surface area contributed by atoms with Crippen LogP contribution < -0.4 is 4.52 Å². The van der Waals surface area contributed by atoms with Crippen molar-refractivity contribution in [1.29, 1.82) is 0 Å². The lowest BCUT2D eigenvalue weighted by atomic mass is 10.0. The fraction of sp³-hybridized carbons (Fsp3) is 0.647. The molecule has 0 spiro atoms. The number of rotatable bonds is 11. The molecule has 0 aliphatic heterocycles. The third kappa shape index (κ3) is 7.98. The van der Waals surface area contributed by atoms with Crippen molar-refractivity contribution < 1.29 is 18.5 Å². The minimum Gasteiger partial charge on any atom is -0.404 e. The number of hydrogen-bond acceptors (Lipinski definition) is 3. The molecule has 0 fully saturated rings. The van der Waals surface area contributed by atoms with Crippen molar-refractivity contribution in [2.24, 2.45) is 0 Å². The maximum absolute atomic E-state index is 11.8. The molecule has 1 atom stereocenters.